The lowest BCUT2D eigenvalue weighted by molar-refractivity contribution is 0.102. The maximum absolute atomic E-state index is 12.6. The summed E-state index contributed by atoms with van der Waals surface area (Å²) in [6.45, 7) is 1.83. The van der Waals surface area contributed by atoms with Crippen LogP contribution in [-0.2, 0) is 0 Å². The van der Waals surface area contributed by atoms with E-state index in [4.69, 9.17) is 4.74 Å². The van der Waals surface area contributed by atoms with Crippen molar-refractivity contribution in [1.29, 1.82) is 0 Å². The molecule has 0 spiro atoms. The number of carbonyl (C=O) groups is 1. The predicted octanol–water partition coefficient (Wildman–Crippen LogP) is 4.57. The van der Waals surface area contributed by atoms with E-state index in [1.54, 1.807) is 7.11 Å². The number of nitrogens with zero attached hydrogens (tertiary/aromatic N) is 1. The van der Waals surface area contributed by atoms with E-state index in [-0.39, 0.29) is 5.91 Å². The molecule has 0 radical (unpaired) electrons. The highest BCUT2D eigenvalue weighted by atomic mass is 79.9. The standard InChI is InChI=1S/C18H15BrN2O2/c1-11-14(18(22)21-17-6-4-3-5-15(17)19)10-12-9-13(23-2)7-8-16(12)20-11/h3-10H,1-2H3,(H,21,22). The average Bonchev–Trinajstić information content (AvgIpc) is 2.55. The molecule has 1 N–H and O–H groups in total. The number of rotatable bonds is 3. The van der Waals surface area contributed by atoms with Gasteiger partial charge in [0.25, 0.3) is 5.91 Å². The number of anilines is 1. The van der Waals surface area contributed by atoms with Gasteiger partial charge in [-0.15, -0.1) is 0 Å². The van der Waals surface area contributed by atoms with Gasteiger partial charge in [-0.25, -0.2) is 0 Å². The summed E-state index contributed by atoms with van der Waals surface area (Å²) in [6, 6.07) is 14.9. The second-order valence-electron chi connectivity index (χ2n) is 5.11. The number of halogens is 1. The fourth-order valence-electron chi connectivity index (χ4n) is 2.36. The SMILES string of the molecule is COc1ccc2nc(C)c(C(=O)Nc3ccccc3Br)cc2c1. The molecule has 4 nitrogen and oxygen atoms in total. The Balaban J connectivity index is 1.99. The number of aryl methyl sites for hydroxylation is 1. The van der Waals surface area contributed by atoms with E-state index in [9.17, 15) is 4.79 Å². The van der Waals surface area contributed by atoms with Gasteiger partial charge in [0.2, 0.25) is 0 Å². The van der Waals surface area contributed by atoms with Crippen molar-refractivity contribution in [3.63, 3.8) is 0 Å². The number of nitrogens with one attached hydrogen (secondary N) is 1. The Morgan fingerprint density at radius 2 is 1.96 bits per heavy atom. The molecule has 0 bridgehead atoms. The highest BCUT2D eigenvalue weighted by molar-refractivity contribution is 9.10. The molecule has 1 heterocycles. The maximum atomic E-state index is 12.6. The molecule has 0 aliphatic rings. The Morgan fingerprint density at radius 1 is 1.17 bits per heavy atom. The van der Waals surface area contributed by atoms with Crippen LogP contribution in [0, 0.1) is 6.92 Å². The molecule has 0 saturated carbocycles. The van der Waals surface area contributed by atoms with Crippen LogP contribution >= 0.6 is 15.9 Å². The van der Waals surface area contributed by atoms with Gasteiger partial charge in [-0.3, -0.25) is 9.78 Å². The summed E-state index contributed by atoms with van der Waals surface area (Å²) >= 11 is 3.43. The molecule has 2 aromatic carbocycles. The van der Waals surface area contributed by atoms with Crippen LogP contribution in [0.25, 0.3) is 10.9 Å². The third-order valence-corrected chi connectivity index (χ3v) is 4.27. The monoisotopic (exact) mass is 370 g/mol. The van der Waals surface area contributed by atoms with Crippen molar-refractivity contribution in [1.82, 2.24) is 4.98 Å². The fraction of sp³-hybridized carbons (Fsp3) is 0.111. The van der Waals surface area contributed by atoms with E-state index in [0.717, 1.165) is 26.8 Å². The minimum atomic E-state index is -0.188. The Morgan fingerprint density at radius 3 is 2.70 bits per heavy atom. The van der Waals surface area contributed by atoms with Gasteiger partial charge in [0.05, 0.1) is 29.6 Å². The molecule has 116 valence electrons. The number of amides is 1. The quantitative estimate of drug-likeness (QED) is 0.734. The van der Waals surface area contributed by atoms with Gasteiger partial charge in [0.1, 0.15) is 5.75 Å². The number of hydrogen-bond acceptors (Lipinski definition) is 3. The van der Waals surface area contributed by atoms with Crippen LogP contribution in [0.3, 0.4) is 0 Å². The first kappa shape index (κ1) is 15.5. The number of carbonyl (C=O) groups excluding carboxylic acids is 1. The number of methoxy groups -OCH3 is 1. The van der Waals surface area contributed by atoms with E-state index >= 15 is 0 Å². The minimum Gasteiger partial charge on any atom is -0.497 e. The fourth-order valence-corrected chi connectivity index (χ4v) is 2.74. The second-order valence-corrected chi connectivity index (χ2v) is 5.97. The lowest BCUT2D eigenvalue weighted by Gasteiger charge is -2.10. The summed E-state index contributed by atoms with van der Waals surface area (Å²) in [5.74, 6) is 0.548. The number of para-hydroxylation sites is 1. The lowest BCUT2D eigenvalue weighted by atomic mass is 10.1. The Bertz CT molecular complexity index is 893. The molecular formula is C18H15BrN2O2. The van der Waals surface area contributed by atoms with Crippen molar-refractivity contribution in [3.8, 4) is 5.75 Å². The first-order valence-corrected chi connectivity index (χ1v) is 7.89. The molecule has 0 aliphatic heterocycles. The largest absolute Gasteiger partial charge is 0.497 e. The highest BCUT2D eigenvalue weighted by Crippen LogP contribution is 2.25. The van der Waals surface area contributed by atoms with Crippen LogP contribution in [-0.4, -0.2) is 18.0 Å². The smallest absolute Gasteiger partial charge is 0.257 e. The van der Waals surface area contributed by atoms with Crippen molar-refractivity contribution in [2.45, 2.75) is 6.92 Å². The second kappa shape index (κ2) is 6.38. The van der Waals surface area contributed by atoms with Gasteiger partial charge in [-0.1, -0.05) is 12.1 Å². The van der Waals surface area contributed by atoms with Crippen molar-refractivity contribution in [2.75, 3.05) is 12.4 Å². The zero-order valence-electron chi connectivity index (χ0n) is 12.8. The van der Waals surface area contributed by atoms with E-state index < -0.39 is 0 Å². The van der Waals surface area contributed by atoms with E-state index in [2.05, 4.69) is 26.2 Å². The van der Waals surface area contributed by atoms with Gasteiger partial charge in [0, 0.05) is 9.86 Å². The summed E-state index contributed by atoms with van der Waals surface area (Å²) in [6.07, 6.45) is 0. The normalized spacial score (nSPS) is 10.6. The third kappa shape index (κ3) is 3.19. The first-order chi connectivity index (χ1) is 11.1. The molecule has 0 unspecified atom stereocenters. The van der Waals surface area contributed by atoms with Crippen LogP contribution in [0.1, 0.15) is 16.1 Å². The zero-order valence-corrected chi connectivity index (χ0v) is 14.3. The van der Waals surface area contributed by atoms with E-state index in [1.807, 2.05) is 55.5 Å². The van der Waals surface area contributed by atoms with Gasteiger partial charge in [0.15, 0.2) is 0 Å². The molecule has 1 amide bonds. The minimum absolute atomic E-state index is 0.188. The third-order valence-electron chi connectivity index (χ3n) is 3.58. The number of hydrogen-bond donors (Lipinski definition) is 1. The van der Waals surface area contributed by atoms with Crippen molar-refractivity contribution < 1.29 is 9.53 Å². The van der Waals surface area contributed by atoms with Gasteiger partial charge in [-0.05, 0) is 59.3 Å². The number of benzene rings is 2. The van der Waals surface area contributed by atoms with Crippen molar-refractivity contribution in [2.24, 2.45) is 0 Å². The summed E-state index contributed by atoms with van der Waals surface area (Å²) in [4.78, 5) is 17.1. The summed E-state index contributed by atoms with van der Waals surface area (Å²) in [5, 5.41) is 3.77. The summed E-state index contributed by atoms with van der Waals surface area (Å²) in [7, 11) is 1.61. The predicted molar refractivity (Wildman–Crippen MR) is 95.1 cm³/mol. The average molecular weight is 371 g/mol. The molecule has 0 fully saturated rings. The Labute approximate surface area is 142 Å². The molecule has 23 heavy (non-hydrogen) atoms. The zero-order chi connectivity index (χ0) is 16.4. The lowest BCUT2D eigenvalue weighted by Crippen LogP contribution is -2.14. The van der Waals surface area contributed by atoms with Gasteiger partial charge >= 0.3 is 0 Å². The number of pyridine rings is 1. The van der Waals surface area contributed by atoms with E-state index in [0.29, 0.717) is 11.3 Å². The maximum Gasteiger partial charge on any atom is 0.257 e. The summed E-state index contributed by atoms with van der Waals surface area (Å²) < 4.78 is 6.06. The molecule has 3 rings (SSSR count). The number of ether oxygens (including phenoxy) is 1. The number of aromatic nitrogens is 1. The molecular weight excluding hydrogens is 356 g/mol. The van der Waals surface area contributed by atoms with Crippen molar-refractivity contribution >= 4 is 38.4 Å². The van der Waals surface area contributed by atoms with Crippen LogP contribution < -0.4 is 10.1 Å². The molecule has 0 aliphatic carbocycles. The molecule has 0 atom stereocenters. The summed E-state index contributed by atoms with van der Waals surface area (Å²) in [5.41, 5.74) is 2.79. The van der Waals surface area contributed by atoms with Crippen LogP contribution in [0.5, 0.6) is 5.75 Å². The molecule has 3 aromatic rings. The number of fused-ring (bicyclic) bond motifs is 1. The van der Waals surface area contributed by atoms with Crippen LogP contribution in [0.4, 0.5) is 5.69 Å². The Hall–Kier alpha value is -2.40. The molecule has 1 aromatic heterocycles. The highest BCUT2D eigenvalue weighted by Gasteiger charge is 2.13. The van der Waals surface area contributed by atoms with Gasteiger partial charge < -0.3 is 10.1 Å². The van der Waals surface area contributed by atoms with Crippen LogP contribution in [0.2, 0.25) is 0 Å². The topological polar surface area (TPSA) is 51.2 Å². The molecule has 0 saturated heterocycles. The van der Waals surface area contributed by atoms with Crippen LogP contribution in [0.15, 0.2) is 53.0 Å². The van der Waals surface area contributed by atoms with E-state index in [1.165, 1.54) is 0 Å². The van der Waals surface area contributed by atoms with Crippen molar-refractivity contribution in [3.05, 3.63) is 64.3 Å². The molecule has 5 heteroatoms. The first-order valence-electron chi connectivity index (χ1n) is 7.10. The van der Waals surface area contributed by atoms with Gasteiger partial charge in [-0.2, -0.15) is 0 Å². The Kier molecular flexibility index (Phi) is 4.30.